The van der Waals surface area contributed by atoms with E-state index in [1.165, 1.54) is 64.5 Å². The number of piperidine rings is 1. The lowest BCUT2D eigenvalue weighted by atomic mass is 9.87. The molecule has 3 heteroatoms. The maximum Gasteiger partial charge on any atom is 0.0723 e. The van der Waals surface area contributed by atoms with Gasteiger partial charge < -0.3 is 15.0 Å². The predicted octanol–water partition coefficient (Wildman–Crippen LogP) is 2.16. The van der Waals surface area contributed by atoms with Crippen molar-refractivity contribution in [1.29, 1.82) is 0 Å². The molecule has 104 valence electrons. The first-order valence-electron chi connectivity index (χ1n) is 7.84. The molecule has 3 aliphatic rings. The molecule has 2 aliphatic heterocycles. The lowest BCUT2D eigenvalue weighted by molar-refractivity contribution is -0.0393. The Hall–Kier alpha value is -0.120. The zero-order chi connectivity index (χ0) is 12.4. The van der Waals surface area contributed by atoms with Gasteiger partial charge in [0.1, 0.15) is 0 Å². The molecule has 0 aromatic rings. The minimum absolute atomic E-state index is 0.221. The molecule has 0 aromatic heterocycles. The van der Waals surface area contributed by atoms with Crippen molar-refractivity contribution in [2.45, 2.75) is 69.1 Å². The summed E-state index contributed by atoms with van der Waals surface area (Å²) >= 11 is 0. The number of nitrogens with zero attached hydrogens (tertiary/aromatic N) is 1. The van der Waals surface area contributed by atoms with Crippen LogP contribution in [0.15, 0.2) is 0 Å². The minimum Gasteiger partial charge on any atom is -0.373 e. The Labute approximate surface area is 111 Å². The van der Waals surface area contributed by atoms with Crippen molar-refractivity contribution in [1.82, 2.24) is 10.2 Å². The van der Waals surface area contributed by atoms with Crippen LogP contribution in [0.25, 0.3) is 0 Å². The maximum absolute atomic E-state index is 6.19. The topological polar surface area (TPSA) is 24.5 Å². The van der Waals surface area contributed by atoms with E-state index in [-0.39, 0.29) is 5.60 Å². The van der Waals surface area contributed by atoms with Crippen LogP contribution in [0, 0.1) is 0 Å². The van der Waals surface area contributed by atoms with Crippen molar-refractivity contribution in [2.75, 3.05) is 26.7 Å². The Morgan fingerprint density at radius 1 is 1.06 bits per heavy atom. The van der Waals surface area contributed by atoms with Gasteiger partial charge in [0.2, 0.25) is 0 Å². The number of hydrogen-bond donors (Lipinski definition) is 1. The zero-order valence-corrected chi connectivity index (χ0v) is 11.8. The van der Waals surface area contributed by atoms with Crippen molar-refractivity contribution in [3.63, 3.8) is 0 Å². The molecular formula is C15H28N2O. The highest BCUT2D eigenvalue weighted by molar-refractivity contribution is 4.96. The number of nitrogens with one attached hydrogen (secondary N) is 1. The lowest BCUT2D eigenvalue weighted by Gasteiger charge is -2.37. The van der Waals surface area contributed by atoms with Crippen molar-refractivity contribution in [3.8, 4) is 0 Å². The average Bonchev–Trinajstić information content (AvgIpc) is 2.78. The molecule has 0 radical (unpaired) electrons. The highest BCUT2D eigenvalue weighted by Crippen LogP contribution is 2.36. The molecule has 0 bridgehead atoms. The van der Waals surface area contributed by atoms with E-state index in [0.717, 1.165) is 12.6 Å². The standard InChI is InChI=1S/C15H28N2O/c1-17-9-7-15(8-10-17)11-14(12-18-15)16-13-5-3-2-4-6-13/h13-14,16H,2-12H2,1H3. The zero-order valence-electron chi connectivity index (χ0n) is 11.8. The molecule has 1 saturated carbocycles. The molecule has 1 N–H and O–H groups in total. The first-order chi connectivity index (χ1) is 8.76. The number of hydrogen-bond acceptors (Lipinski definition) is 3. The second-order valence-corrected chi connectivity index (χ2v) is 6.70. The second kappa shape index (κ2) is 5.48. The predicted molar refractivity (Wildman–Crippen MR) is 73.8 cm³/mol. The van der Waals surface area contributed by atoms with E-state index in [2.05, 4.69) is 17.3 Å². The van der Waals surface area contributed by atoms with Crippen molar-refractivity contribution in [3.05, 3.63) is 0 Å². The van der Waals surface area contributed by atoms with Crippen LogP contribution in [0.2, 0.25) is 0 Å². The second-order valence-electron chi connectivity index (χ2n) is 6.70. The molecule has 18 heavy (non-hydrogen) atoms. The Morgan fingerprint density at radius 3 is 2.50 bits per heavy atom. The summed E-state index contributed by atoms with van der Waals surface area (Å²) in [7, 11) is 2.22. The molecule has 3 fully saturated rings. The van der Waals surface area contributed by atoms with Crippen LogP contribution in [0.5, 0.6) is 0 Å². The van der Waals surface area contributed by atoms with Crippen LogP contribution in [-0.4, -0.2) is 49.3 Å². The molecular weight excluding hydrogens is 224 g/mol. The van der Waals surface area contributed by atoms with Crippen molar-refractivity contribution < 1.29 is 4.74 Å². The first-order valence-corrected chi connectivity index (χ1v) is 7.84. The van der Waals surface area contributed by atoms with E-state index in [0.29, 0.717) is 6.04 Å². The summed E-state index contributed by atoms with van der Waals surface area (Å²) in [6, 6.07) is 1.39. The molecule has 1 aliphatic carbocycles. The number of likely N-dealkylation sites (tertiary alicyclic amines) is 1. The third kappa shape index (κ3) is 2.89. The summed E-state index contributed by atoms with van der Waals surface area (Å²) in [5, 5.41) is 3.86. The van der Waals surface area contributed by atoms with Crippen LogP contribution < -0.4 is 5.32 Å². The fourth-order valence-electron chi connectivity index (χ4n) is 3.93. The van der Waals surface area contributed by atoms with E-state index < -0.39 is 0 Å². The first kappa shape index (κ1) is 12.9. The van der Waals surface area contributed by atoms with Crippen LogP contribution in [0.4, 0.5) is 0 Å². The largest absolute Gasteiger partial charge is 0.373 e. The maximum atomic E-state index is 6.19. The van der Waals surface area contributed by atoms with Gasteiger partial charge in [0.05, 0.1) is 12.2 Å². The van der Waals surface area contributed by atoms with Gasteiger partial charge in [-0.3, -0.25) is 0 Å². The van der Waals surface area contributed by atoms with E-state index in [1.807, 2.05) is 0 Å². The Kier molecular flexibility index (Phi) is 3.92. The Balaban J connectivity index is 1.48. The molecule has 0 aromatic carbocycles. The van der Waals surface area contributed by atoms with E-state index in [1.54, 1.807) is 0 Å². The van der Waals surface area contributed by atoms with Crippen LogP contribution in [0.3, 0.4) is 0 Å². The molecule has 0 amide bonds. The molecule has 3 nitrogen and oxygen atoms in total. The summed E-state index contributed by atoms with van der Waals surface area (Å²) in [4.78, 5) is 2.43. The molecule has 2 heterocycles. The third-order valence-electron chi connectivity index (χ3n) is 5.18. The van der Waals surface area contributed by atoms with Gasteiger partial charge in [-0.25, -0.2) is 0 Å². The van der Waals surface area contributed by atoms with Gasteiger partial charge in [0.25, 0.3) is 0 Å². The van der Waals surface area contributed by atoms with Gasteiger partial charge in [0, 0.05) is 25.2 Å². The van der Waals surface area contributed by atoms with Gasteiger partial charge in [0.15, 0.2) is 0 Å². The summed E-state index contributed by atoms with van der Waals surface area (Å²) in [6.07, 6.45) is 10.7. The lowest BCUT2D eigenvalue weighted by Crippen LogP contribution is -2.44. The van der Waals surface area contributed by atoms with Gasteiger partial charge in [-0.15, -0.1) is 0 Å². The van der Waals surface area contributed by atoms with Gasteiger partial charge in [-0.05, 0) is 39.2 Å². The fourth-order valence-corrected chi connectivity index (χ4v) is 3.93. The monoisotopic (exact) mass is 252 g/mol. The van der Waals surface area contributed by atoms with Gasteiger partial charge >= 0.3 is 0 Å². The van der Waals surface area contributed by atoms with Crippen LogP contribution in [0.1, 0.15) is 51.4 Å². The van der Waals surface area contributed by atoms with Crippen molar-refractivity contribution in [2.24, 2.45) is 0 Å². The van der Waals surface area contributed by atoms with Gasteiger partial charge in [-0.2, -0.15) is 0 Å². The molecule has 1 unspecified atom stereocenters. The third-order valence-corrected chi connectivity index (χ3v) is 5.18. The molecule has 3 rings (SSSR count). The van der Waals surface area contributed by atoms with Crippen molar-refractivity contribution >= 4 is 0 Å². The summed E-state index contributed by atoms with van der Waals surface area (Å²) in [6.45, 7) is 3.35. The normalized spacial score (nSPS) is 34.2. The smallest absolute Gasteiger partial charge is 0.0723 e. The van der Waals surface area contributed by atoms with Gasteiger partial charge in [-0.1, -0.05) is 19.3 Å². The highest BCUT2D eigenvalue weighted by Gasteiger charge is 2.42. The average molecular weight is 252 g/mol. The van der Waals surface area contributed by atoms with E-state index in [9.17, 15) is 0 Å². The summed E-state index contributed by atoms with van der Waals surface area (Å²) < 4.78 is 6.19. The quantitative estimate of drug-likeness (QED) is 0.815. The number of ether oxygens (including phenoxy) is 1. The summed E-state index contributed by atoms with van der Waals surface area (Å²) in [5.74, 6) is 0. The summed E-state index contributed by atoms with van der Waals surface area (Å²) in [5.41, 5.74) is 0.221. The van der Waals surface area contributed by atoms with Crippen LogP contribution >= 0.6 is 0 Å². The molecule has 1 spiro atoms. The number of rotatable bonds is 2. The minimum atomic E-state index is 0.221. The molecule has 1 atom stereocenters. The SMILES string of the molecule is CN1CCC2(CC1)CC(NC1CCCCC1)CO2. The Morgan fingerprint density at radius 2 is 1.78 bits per heavy atom. The highest BCUT2D eigenvalue weighted by atomic mass is 16.5. The Bertz CT molecular complexity index is 268. The van der Waals surface area contributed by atoms with E-state index >= 15 is 0 Å². The van der Waals surface area contributed by atoms with Crippen LogP contribution in [-0.2, 0) is 4.74 Å². The van der Waals surface area contributed by atoms with E-state index in [4.69, 9.17) is 4.74 Å². The molecule has 2 saturated heterocycles. The fraction of sp³-hybridized carbons (Fsp3) is 1.00.